The van der Waals surface area contributed by atoms with Crippen LogP contribution in [0.1, 0.15) is 79.3 Å². The minimum atomic E-state index is -0.746. The molecule has 0 aromatic heterocycles. The Kier molecular flexibility index (Phi) is 17.1. The second-order valence-corrected chi connectivity index (χ2v) is 15.6. The summed E-state index contributed by atoms with van der Waals surface area (Å²) in [4.78, 5) is 27.9. The maximum Gasteiger partial charge on any atom is 0.412 e. The molecule has 0 spiro atoms. The summed E-state index contributed by atoms with van der Waals surface area (Å²) in [5.74, 6) is 0.424. The Hall–Kier alpha value is -5.28. The maximum atomic E-state index is 14.5. The third-order valence-electron chi connectivity index (χ3n) is 11.2. The summed E-state index contributed by atoms with van der Waals surface area (Å²) in [6.07, 6.45) is 5.89. The van der Waals surface area contributed by atoms with E-state index in [9.17, 15) is 9.59 Å². The summed E-state index contributed by atoms with van der Waals surface area (Å²) in [5.41, 5.74) is 7.66. The molecule has 0 fully saturated rings. The molecule has 1 aliphatic carbocycles. The minimum absolute atomic E-state index is 0.124. The van der Waals surface area contributed by atoms with E-state index in [1.54, 1.807) is 4.90 Å². The second-order valence-electron chi connectivity index (χ2n) is 15.6. The van der Waals surface area contributed by atoms with Gasteiger partial charge in [0.2, 0.25) is 5.91 Å². The summed E-state index contributed by atoms with van der Waals surface area (Å²) in [6.45, 7) is 5.85. The lowest BCUT2D eigenvalue weighted by molar-refractivity contribution is -0.150. The number of hydrogen-bond donors (Lipinski definition) is 2. The third kappa shape index (κ3) is 13.9. The van der Waals surface area contributed by atoms with Gasteiger partial charge in [-0.05, 0) is 109 Å². The van der Waals surface area contributed by atoms with Crippen LogP contribution in [0.15, 0.2) is 140 Å². The van der Waals surface area contributed by atoms with Crippen molar-refractivity contribution in [3.05, 3.63) is 173 Å². The number of hydrogen-bond acceptors (Lipinski definition) is 6. The van der Waals surface area contributed by atoms with Gasteiger partial charge in [0.25, 0.3) is 0 Å². The molecule has 5 aromatic carbocycles. The average Bonchev–Trinajstić information content (AvgIpc) is 3.27. The van der Waals surface area contributed by atoms with E-state index < -0.39 is 18.4 Å². The van der Waals surface area contributed by atoms with Gasteiger partial charge < -0.3 is 24.8 Å². The zero-order valence-electron chi connectivity index (χ0n) is 34.8. The number of nitrogens with zero attached hydrogens (tertiary/aromatic N) is 1. The molecule has 2 N–H and O–H groups in total. The van der Waals surface area contributed by atoms with Crippen LogP contribution in [-0.4, -0.2) is 48.4 Å². The fourth-order valence-electron chi connectivity index (χ4n) is 8.01. The molecule has 0 bridgehead atoms. The highest BCUT2D eigenvalue weighted by Gasteiger charge is 2.35. The first-order chi connectivity index (χ1) is 28.9. The van der Waals surface area contributed by atoms with Crippen molar-refractivity contribution in [2.45, 2.75) is 103 Å². The summed E-state index contributed by atoms with van der Waals surface area (Å²) in [6, 6.07) is 47.0. The van der Waals surface area contributed by atoms with E-state index >= 15 is 0 Å². The van der Waals surface area contributed by atoms with Crippen LogP contribution in [0.4, 0.5) is 10.5 Å². The number of carbonyl (C=O) groups excluding carboxylic acids is 2. The number of ether oxygens (including phenoxy) is 3. The van der Waals surface area contributed by atoms with Crippen molar-refractivity contribution in [1.82, 2.24) is 10.2 Å². The fourth-order valence-corrected chi connectivity index (χ4v) is 8.01. The van der Waals surface area contributed by atoms with Crippen LogP contribution in [0.5, 0.6) is 0 Å². The van der Waals surface area contributed by atoms with Crippen LogP contribution in [0.25, 0.3) is 0 Å². The molecule has 0 heterocycles. The minimum Gasteiger partial charge on any atom is -0.444 e. The van der Waals surface area contributed by atoms with Gasteiger partial charge in [0.15, 0.2) is 6.23 Å². The van der Waals surface area contributed by atoms with Gasteiger partial charge in [0, 0.05) is 25.2 Å². The molecule has 8 nitrogen and oxygen atoms in total. The average molecular weight is 796 g/mol. The monoisotopic (exact) mass is 795 g/mol. The molecule has 8 heteroatoms. The van der Waals surface area contributed by atoms with Crippen molar-refractivity contribution < 1.29 is 23.8 Å². The molecule has 4 atom stereocenters. The summed E-state index contributed by atoms with van der Waals surface area (Å²) in [7, 11) is 0. The van der Waals surface area contributed by atoms with Crippen LogP contribution >= 0.6 is 0 Å². The van der Waals surface area contributed by atoms with E-state index in [4.69, 9.17) is 14.2 Å². The number of anilines is 1. The Morgan fingerprint density at radius 1 is 0.695 bits per heavy atom. The van der Waals surface area contributed by atoms with Gasteiger partial charge in [-0.3, -0.25) is 9.69 Å². The summed E-state index contributed by atoms with van der Waals surface area (Å²) in [5, 5.41) is 6.76. The van der Waals surface area contributed by atoms with Crippen LogP contribution < -0.4 is 10.6 Å². The number of aryl methyl sites for hydroxylation is 1. The van der Waals surface area contributed by atoms with Crippen LogP contribution in [0.3, 0.4) is 0 Å². The maximum absolute atomic E-state index is 14.5. The van der Waals surface area contributed by atoms with E-state index in [0.29, 0.717) is 44.6 Å². The van der Waals surface area contributed by atoms with Crippen molar-refractivity contribution in [2.75, 3.05) is 18.4 Å². The molecular formula is C51H61N3O5. The number of fused-ring (bicyclic) bond motifs is 1. The Balaban J connectivity index is 1.28. The summed E-state index contributed by atoms with van der Waals surface area (Å²) < 4.78 is 19.9. The van der Waals surface area contributed by atoms with Crippen molar-refractivity contribution in [3.63, 3.8) is 0 Å². The zero-order chi connectivity index (χ0) is 41.1. The van der Waals surface area contributed by atoms with Crippen molar-refractivity contribution in [2.24, 2.45) is 5.92 Å². The predicted molar refractivity (Wildman–Crippen MR) is 236 cm³/mol. The highest BCUT2D eigenvalue weighted by Crippen LogP contribution is 2.30. The van der Waals surface area contributed by atoms with Crippen LogP contribution in [-0.2, 0) is 58.1 Å². The van der Waals surface area contributed by atoms with E-state index in [1.807, 2.05) is 103 Å². The van der Waals surface area contributed by atoms with E-state index in [1.165, 1.54) is 24.5 Å². The van der Waals surface area contributed by atoms with E-state index in [2.05, 4.69) is 54.0 Å². The van der Waals surface area contributed by atoms with Gasteiger partial charge in [0.1, 0.15) is 12.7 Å². The normalized spacial score (nSPS) is 15.1. The van der Waals surface area contributed by atoms with Crippen molar-refractivity contribution >= 4 is 17.7 Å². The Bertz CT molecular complexity index is 1980. The molecule has 5 aromatic rings. The molecule has 0 radical (unpaired) electrons. The van der Waals surface area contributed by atoms with Crippen LogP contribution in [0.2, 0.25) is 0 Å². The standard InChI is InChI=1S/C51H61N3O5/c1-3-33-52-48(46-29-28-44-22-13-14-23-45(44)35-46)24-15-25-49(57-36-41-16-7-4-8-17-41)50(58-37-42-18-9-5-10-19-42)54(51(56)59-38-43-20-11-6-12-21-43)34-32-40-26-30-47(31-27-40)53-39(2)55/h4-14,16-23,26-27,30-31,46,48-50,52H,3,15,24-25,28-29,32-38H2,1-2H3,(H,53,55)/t46?,48-,49?,50?/m0/s1. The molecule has 2 amide bonds. The molecule has 1 aliphatic rings. The Labute approximate surface area is 351 Å². The van der Waals surface area contributed by atoms with Gasteiger partial charge >= 0.3 is 6.09 Å². The second kappa shape index (κ2) is 23.3. The topological polar surface area (TPSA) is 89.1 Å². The lowest BCUT2D eigenvalue weighted by Crippen LogP contribution is -2.50. The smallest absolute Gasteiger partial charge is 0.412 e. The molecule has 0 saturated carbocycles. The number of benzene rings is 5. The molecular weight excluding hydrogens is 735 g/mol. The first-order valence-corrected chi connectivity index (χ1v) is 21.4. The van der Waals surface area contributed by atoms with Gasteiger partial charge in [-0.15, -0.1) is 0 Å². The molecule has 0 aliphatic heterocycles. The van der Waals surface area contributed by atoms with Gasteiger partial charge in [-0.2, -0.15) is 0 Å². The highest BCUT2D eigenvalue weighted by atomic mass is 16.6. The lowest BCUT2D eigenvalue weighted by atomic mass is 9.78. The first kappa shape index (κ1) is 43.3. The number of carbonyl (C=O) groups is 2. The lowest BCUT2D eigenvalue weighted by Gasteiger charge is -2.37. The molecule has 3 unspecified atom stereocenters. The van der Waals surface area contributed by atoms with Crippen molar-refractivity contribution in [3.8, 4) is 0 Å². The first-order valence-electron chi connectivity index (χ1n) is 21.4. The Morgan fingerprint density at radius 3 is 1.92 bits per heavy atom. The van der Waals surface area contributed by atoms with Gasteiger partial charge in [0.05, 0.1) is 13.2 Å². The summed E-state index contributed by atoms with van der Waals surface area (Å²) >= 11 is 0. The van der Waals surface area contributed by atoms with Crippen LogP contribution in [0, 0.1) is 5.92 Å². The predicted octanol–water partition coefficient (Wildman–Crippen LogP) is 10.3. The number of rotatable bonds is 22. The number of amides is 2. The molecule has 59 heavy (non-hydrogen) atoms. The number of nitrogens with one attached hydrogen (secondary N) is 2. The van der Waals surface area contributed by atoms with E-state index in [0.717, 1.165) is 66.6 Å². The molecule has 0 saturated heterocycles. The molecule has 310 valence electrons. The largest absolute Gasteiger partial charge is 0.444 e. The van der Waals surface area contributed by atoms with E-state index in [-0.39, 0.29) is 12.5 Å². The fraction of sp³-hybridized carbons (Fsp3) is 0.373. The zero-order valence-corrected chi connectivity index (χ0v) is 34.8. The van der Waals surface area contributed by atoms with Gasteiger partial charge in [-0.25, -0.2) is 4.79 Å². The third-order valence-corrected chi connectivity index (χ3v) is 11.2. The molecule has 6 rings (SSSR count). The quantitative estimate of drug-likeness (QED) is 0.0679. The SMILES string of the molecule is CCCN[C@@H](CCCC(OCc1ccccc1)C(OCc1ccccc1)N(CCc1ccc(NC(C)=O)cc1)C(=O)OCc1ccccc1)C1CCc2ccccc2C1. The van der Waals surface area contributed by atoms with Gasteiger partial charge in [-0.1, -0.05) is 134 Å². The highest BCUT2D eigenvalue weighted by molar-refractivity contribution is 5.88. The van der Waals surface area contributed by atoms with Crippen molar-refractivity contribution in [1.29, 1.82) is 0 Å². The Morgan fingerprint density at radius 2 is 1.29 bits per heavy atom.